The molecule has 1 aromatic heterocycles. The van der Waals surface area contributed by atoms with Crippen molar-refractivity contribution in [1.82, 2.24) is 25.4 Å². The van der Waals surface area contributed by atoms with Crippen molar-refractivity contribution < 1.29 is 33.2 Å². The molecule has 0 bridgehead atoms. The summed E-state index contributed by atoms with van der Waals surface area (Å²) in [7, 11) is 4.26. The Morgan fingerprint density at radius 3 is 2.27 bits per heavy atom. The molecule has 1 saturated heterocycles. The van der Waals surface area contributed by atoms with Crippen LogP contribution in [0.5, 0.6) is 0 Å². The molecule has 2 aliphatic rings. The molecule has 1 aliphatic carbocycles. The van der Waals surface area contributed by atoms with Gasteiger partial charge in [0.05, 0.1) is 26.8 Å². The molecule has 0 unspecified atom stereocenters. The highest BCUT2D eigenvalue weighted by atomic mass is 16.7. The highest BCUT2D eigenvalue weighted by molar-refractivity contribution is 6.01. The van der Waals surface area contributed by atoms with Gasteiger partial charge in [-0.05, 0) is 48.4 Å². The normalized spacial score (nSPS) is 15.2. The first-order valence-electron chi connectivity index (χ1n) is 15.1. The van der Waals surface area contributed by atoms with Gasteiger partial charge in [-0.3, -0.25) is 14.3 Å². The van der Waals surface area contributed by atoms with Crippen LogP contribution in [0.1, 0.15) is 61.8 Å². The summed E-state index contributed by atoms with van der Waals surface area (Å²) in [6, 6.07) is 14.9. The number of nitrogens with one attached hydrogen (secondary N) is 1. The largest absolute Gasteiger partial charge is 0.449 e. The Hall–Kier alpha value is -4.58. The topological polar surface area (TPSA) is 133 Å². The molecular formula is C32H39N6O6+. The van der Waals surface area contributed by atoms with Gasteiger partial charge < -0.3 is 19.4 Å². The number of benzene rings is 2. The van der Waals surface area contributed by atoms with Gasteiger partial charge in [0.2, 0.25) is 0 Å². The van der Waals surface area contributed by atoms with Crippen molar-refractivity contribution in [1.29, 1.82) is 0 Å². The summed E-state index contributed by atoms with van der Waals surface area (Å²) in [6.45, 7) is 4.51. The number of imide groups is 1. The molecule has 3 amide bonds. The fourth-order valence-electron chi connectivity index (χ4n) is 5.54. The van der Waals surface area contributed by atoms with Gasteiger partial charge in [0, 0.05) is 25.3 Å². The lowest BCUT2D eigenvalue weighted by Crippen LogP contribution is -2.45. The molecule has 1 fully saturated rings. The van der Waals surface area contributed by atoms with Crippen molar-refractivity contribution >= 4 is 23.9 Å². The van der Waals surface area contributed by atoms with Crippen LogP contribution in [0.25, 0.3) is 11.1 Å². The van der Waals surface area contributed by atoms with E-state index in [-0.39, 0.29) is 31.8 Å². The van der Waals surface area contributed by atoms with Gasteiger partial charge >= 0.3 is 12.1 Å². The number of quaternary nitrogens is 1. The number of hydrogen-bond acceptors (Lipinski definition) is 8. The summed E-state index contributed by atoms with van der Waals surface area (Å²) in [6.07, 6.45) is 2.46. The number of hydroxylamine groups is 2. The summed E-state index contributed by atoms with van der Waals surface area (Å²) < 4.78 is 8.19. The summed E-state index contributed by atoms with van der Waals surface area (Å²) in [5.41, 5.74) is 5.24. The van der Waals surface area contributed by atoms with Crippen LogP contribution in [0.3, 0.4) is 0 Å². The SMILES string of the molecule is CC[N+](C)(C)Cc1cn(CCCC[C@H](NC(=O)OCC2c3ccccc3-c3ccccc32)C(=O)ON2C(=O)CCC2=O)nn1. The highest BCUT2D eigenvalue weighted by Gasteiger charge is 2.36. The van der Waals surface area contributed by atoms with E-state index in [9.17, 15) is 19.2 Å². The van der Waals surface area contributed by atoms with E-state index in [0.29, 0.717) is 24.4 Å². The van der Waals surface area contributed by atoms with E-state index < -0.39 is 29.9 Å². The third-order valence-electron chi connectivity index (χ3n) is 8.27. The Balaban J connectivity index is 1.19. The third kappa shape index (κ3) is 7.13. The zero-order valence-electron chi connectivity index (χ0n) is 25.4. The number of amides is 3. The zero-order valence-corrected chi connectivity index (χ0v) is 25.4. The molecule has 0 saturated carbocycles. The Morgan fingerprint density at radius 1 is 1.00 bits per heavy atom. The molecule has 5 rings (SSSR count). The molecule has 2 heterocycles. The van der Waals surface area contributed by atoms with Crippen molar-refractivity contribution in [3.05, 3.63) is 71.5 Å². The lowest BCUT2D eigenvalue weighted by atomic mass is 9.98. The average molecular weight is 604 g/mol. The van der Waals surface area contributed by atoms with Gasteiger partial charge in [0.15, 0.2) is 0 Å². The van der Waals surface area contributed by atoms with Crippen molar-refractivity contribution in [3.63, 3.8) is 0 Å². The van der Waals surface area contributed by atoms with Crippen LogP contribution in [0, 0.1) is 0 Å². The lowest BCUT2D eigenvalue weighted by Gasteiger charge is -2.26. The predicted octanol–water partition coefficient (Wildman–Crippen LogP) is 3.56. The lowest BCUT2D eigenvalue weighted by molar-refractivity contribution is -0.902. The number of nitrogens with zero attached hydrogens (tertiary/aromatic N) is 5. The fraction of sp³-hybridized carbons (Fsp3) is 0.438. The predicted molar refractivity (Wildman–Crippen MR) is 159 cm³/mol. The molecule has 1 atom stereocenters. The van der Waals surface area contributed by atoms with Gasteiger partial charge in [-0.1, -0.05) is 53.7 Å². The van der Waals surface area contributed by atoms with Crippen molar-refractivity contribution in [2.24, 2.45) is 0 Å². The van der Waals surface area contributed by atoms with Crippen LogP contribution < -0.4 is 5.32 Å². The number of carbonyl (C=O) groups is 4. The fourth-order valence-corrected chi connectivity index (χ4v) is 5.54. The molecular weight excluding hydrogens is 564 g/mol. The second-order valence-electron chi connectivity index (χ2n) is 11.9. The molecule has 3 aromatic rings. The van der Waals surface area contributed by atoms with E-state index in [1.165, 1.54) is 0 Å². The van der Waals surface area contributed by atoms with Crippen LogP contribution in [0.4, 0.5) is 4.79 Å². The summed E-state index contributed by atoms with van der Waals surface area (Å²) in [4.78, 5) is 55.3. The number of ether oxygens (including phenoxy) is 1. The first-order chi connectivity index (χ1) is 21.1. The molecule has 0 spiro atoms. The monoisotopic (exact) mass is 603 g/mol. The zero-order chi connectivity index (χ0) is 31.3. The highest BCUT2D eigenvalue weighted by Crippen LogP contribution is 2.44. The maximum absolute atomic E-state index is 13.1. The van der Waals surface area contributed by atoms with Gasteiger partial charge in [0.25, 0.3) is 11.8 Å². The van der Waals surface area contributed by atoms with Gasteiger partial charge in [-0.25, -0.2) is 9.59 Å². The standard InChI is InChI=1S/C32H38N6O6/c1-4-38(2,3)20-22-19-36(35-34-22)18-10-9-15-28(31(41)44-37-29(39)16-17-30(37)40)33-32(42)43-21-27-25-13-7-5-11-23(25)24-12-6-8-14-26(24)27/h5-8,11-14,19,27-28H,4,9-10,15-18,20-21H2,1-3H3/p+1/t28-/m0/s1. The number of alkyl carbamates (subject to hydrolysis) is 1. The third-order valence-corrected chi connectivity index (χ3v) is 8.27. The van der Waals surface area contributed by atoms with Crippen molar-refractivity contribution in [3.8, 4) is 11.1 Å². The number of aromatic nitrogens is 3. The smallest absolute Gasteiger partial charge is 0.407 e. The van der Waals surface area contributed by atoms with Crippen LogP contribution in [0.2, 0.25) is 0 Å². The van der Waals surface area contributed by atoms with Crippen LogP contribution in [-0.4, -0.2) is 81.7 Å². The Bertz CT molecular complexity index is 1470. The number of aryl methyl sites for hydroxylation is 1. The Kier molecular flexibility index (Phi) is 9.38. The quantitative estimate of drug-likeness (QED) is 0.178. The van der Waals surface area contributed by atoms with Crippen LogP contribution >= 0.6 is 0 Å². The van der Waals surface area contributed by atoms with Crippen molar-refractivity contribution in [2.45, 2.75) is 64.1 Å². The minimum atomic E-state index is -1.12. The van der Waals surface area contributed by atoms with E-state index in [4.69, 9.17) is 9.57 Å². The van der Waals surface area contributed by atoms with Crippen LogP contribution in [-0.2, 0) is 37.0 Å². The molecule has 12 nitrogen and oxygen atoms in total. The van der Waals surface area contributed by atoms with Gasteiger partial charge in [-0.2, -0.15) is 0 Å². The van der Waals surface area contributed by atoms with E-state index >= 15 is 0 Å². The molecule has 0 radical (unpaired) electrons. The minimum Gasteiger partial charge on any atom is -0.449 e. The Morgan fingerprint density at radius 2 is 1.64 bits per heavy atom. The van der Waals surface area contributed by atoms with E-state index in [2.05, 4.69) is 36.6 Å². The first kappa shape index (κ1) is 30.9. The maximum Gasteiger partial charge on any atom is 0.407 e. The number of fused-ring (bicyclic) bond motifs is 3. The van der Waals surface area contributed by atoms with Crippen molar-refractivity contribution in [2.75, 3.05) is 27.2 Å². The van der Waals surface area contributed by atoms with E-state index in [0.717, 1.165) is 45.5 Å². The average Bonchev–Trinajstić information content (AvgIpc) is 3.69. The Labute approximate surface area is 256 Å². The number of carbonyl (C=O) groups excluding carboxylic acids is 4. The minimum absolute atomic E-state index is 0.0230. The summed E-state index contributed by atoms with van der Waals surface area (Å²) in [5.74, 6) is -2.22. The molecule has 232 valence electrons. The number of hydrogen-bond donors (Lipinski definition) is 1. The second-order valence-corrected chi connectivity index (χ2v) is 11.9. The second kappa shape index (κ2) is 13.4. The maximum atomic E-state index is 13.1. The van der Waals surface area contributed by atoms with E-state index in [1.807, 2.05) is 54.7 Å². The van der Waals surface area contributed by atoms with Gasteiger partial charge in [0.1, 0.15) is 24.9 Å². The molecule has 44 heavy (non-hydrogen) atoms. The first-order valence-corrected chi connectivity index (χ1v) is 15.1. The molecule has 2 aromatic carbocycles. The van der Waals surface area contributed by atoms with E-state index in [1.54, 1.807) is 4.68 Å². The molecule has 12 heteroatoms. The van der Waals surface area contributed by atoms with Gasteiger partial charge in [-0.15, -0.1) is 10.2 Å². The summed E-state index contributed by atoms with van der Waals surface area (Å²) >= 11 is 0. The number of unbranched alkanes of at least 4 members (excludes halogenated alkanes) is 1. The van der Waals surface area contributed by atoms with Crippen LogP contribution in [0.15, 0.2) is 54.7 Å². The number of rotatable bonds is 13. The summed E-state index contributed by atoms with van der Waals surface area (Å²) in [5, 5.41) is 11.6. The molecule has 1 N–H and O–H groups in total. The molecule has 1 aliphatic heterocycles.